The SMILES string of the molecule is COc1cc(OC)c(F)c(N=C2CC=C3NC=C(c4c[nH][n+](C)c4)N=C3N2CC(O)COC(C)C)c1F. The minimum Gasteiger partial charge on any atom is -0.493 e. The maximum absolute atomic E-state index is 15.1. The van der Waals surface area contributed by atoms with Crippen LogP contribution in [0.3, 0.4) is 0 Å². The number of aryl methyl sites for hydroxylation is 1. The van der Waals surface area contributed by atoms with Crippen LogP contribution in [0.15, 0.2) is 46.4 Å². The molecule has 2 aromatic rings. The van der Waals surface area contributed by atoms with Gasteiger partial charge in [-0.1, -0.05) is 0 Å². The van der Waals surface area contributed by atoms with E-state index >= 15 is 8.78 Å². The normalized spacial score (nSPS) is 17.2. The predicted molar refractivity (Wildman–Crippen MR) is 134 cm³/mol. The molecule has 3 heterocycles. The van der Waals surface area contributed by atoms with Gasteiger partial charge in [-0.3, -0.25) is 0 Å². The van der Waals surface area contributed by atoms with Gasteiger partial charge >= 0.3 is 0 Å². The summed E-state index contributed by atoms with van der Waals surface area (Å²) in [4.78, 5) is 10.8. The van der Waals surface area contributed by atoms with Crippen molar-refractivity contribution >= 4 is 23.1 Å². The summed E-state index contributed by atoms with van der Waals surface area (Å²) >= 11 is 0. The second kappa shape index (κ2) is 11.1. The Kier molecular flexibility index (Phi) is 7.89. The number of β-amino-alcohol motifs (C(OH)–C–C–N with tert-alkyl or cyclic N) is 1. The number of methoxy groups -OCH3 is 2. The van der Waals surface area contributed by atoms with Crippen molar-refractivity contribution in [2.45, 2.75) is 32.5 Å². The van der Waals surface area contributed by atoms with Crippen molar-refractivity contribution in [1.29, 1.82) is 0 Å². The number of nitrogens with zero attached hydrogens (tertiary/aromatic N) is 4. The minimum absolute atomic E-state index is 0.0297. The number of ether oxygens (including phenoxy) is 3. The van der Waals surface area contributed by atoms with Crippen LogP contribution in [0.5, 0.6) is 11.5 Å². The third-order valence-electron chi connectivity index (χ3n) is 5.75. The van der Waals surface area contributed by atoms with E-state index in [1.807, 2.05) is 33.2 Å². The van der Waals surface area contributed by atoms with Crippen molar-refractivity contribution in [3.8, 4) is 11.5 Å². The Morgan fingerprint density at radius 2 is 1.92 bits per heavy atom. The Morgan fingerprint density at radius 3 is 2.51 bits per heavy atom. The van der Waals surface area contributed by atoms with Gasteiger partial charge in [0.25, 0.3) is 0 Å². The molecule has 198 valence electrons. The van der Waals surface area contributed by atoms with Gasteiger partial charge in [0.05, 0.1) is 62.7 Å². The van der Waals surface area contributed by atoms with E-state index in [-0.39, 0.29) is 43.0 Å². The number of halogens is 2. The van der Waals surface area contributed by atoms with Gasteiger partial charge in [-0.2, -0.15) is 5.10 Å². The summed E-state index contributed by atoms with van der Waals surface area (Å²) in [5.41, 5.74) is 1.58. The van der Waals surface area contributed by atoms with Crippen molar-refractivity contribution in [1.82, 2.24) is 15.3 Å². The number of hydrogen-bond donors (Lipinski definition) is 3. The van der Waals surface area contributed by atoms with Gasteiger partial charge in [-0.05, 0) is 19.9 Å². The maximum atomic E-state index is 15.1. The number of aliphatic hydroxyl groups excluding tert-OH is 1. The molecule has 37 heavy (non-hydrogen) atoms. The van der Waals surface area contributed by atoms with E-state index in [1.165, 1.54) is 14.2 Å². The number of amidine groups is 2. The highest BCUT2D eigenvalue weighted by atomic mass is 19.1. The van der Waals surface area contributed by atoms with E-state index in [1.54, 1.807) is 22.0 Å². The highest BCUT2D eigenvalue weighted by Crippen LogP contribution is 2.37. The third-order valence-corrected chi connectivity index (χ3v) is 5.75. The predicted octanol–water partition coefficient (Wildman–Crippen LogP) is 2.54. The minimum atomic E-state index is -0.962. The van der Waals surface area contributed by atoms with Gasteiger partial charge in [-0.15, -0.1) is 4.68 Å². The van der Waals surface area contributed by atoms with Gasteiger partial charge < -0.3 is 29.5 Å². The molecule has 0 fully saturated rings. The molecule has 0 radical (unpaired) electrons. The van der Waals surface area contributed by atoms with Crippen LogP contribution >= 0.6 is 0 Å². The van der Waals surface area contributed by atoms with Gasteiger partial charge in [0.1, 0.15) is 11.5 Å². The first kappa shape index (κ1) is 26.3. The lowest BCUT2D eigenvalue weighted by Gasteiger charge is -2.35. The van der Waals surface area contributed by atoms with Gasteiger partial charge in [-0.25, -0.2) is 18.8 Å². The molecule has 1 unspecified atom stereocenters. The van der Waals surface area contributed by atoms with E-state index < -0.39 is 23.4 Å². The number of aliphatic hydroxyl groups is 1. The van der Waals surface area contributed by atoms with Crippen molar-refractivity contribution in [3.05, 3.63) is 53.6 Å². The number of rotatable bonds is 9. The van der Waals surface area contributed by atoms with Crippen LogP contribution < -0.4 is 19.5 Å². The van der Waals surface area contributed by atoms with Gasteiger partial charge in [0, 0.05) is 18.7 Å². The Hall–Kier alpha value is -3.77. The summed E-state index contributed by atoms with van der Waals surface area (Å²) in [6.45, 7) is 3.83. The quantitative estimate of drug-likeness (QED) is 0.442. The van der Waals surface area contributed by atoms with Crippen LogP contribution in [-0.2, 0) is 11.8 Å². The van der Waals surface area contributed by atoms with Gasteiger partial charge in [0.2, 0.25) is 6.20 Å². The zero-order valence-electron chi connectivity index (χ0n) is 21.4. The zero-order valence-corrected chi connectivity index (χ0v) is 21.4. The molecule has 2 aliphatic heterocycles. The standard InChI is InChI=1S/C25H30F2N6O4/c1-14(2)37-13-16(34)12-33-21(31-24-22(26)19(35-4)8-20(36-5)23(24)27)7-6-17-25(33)30-18(10-28-17)15-9-29-32(3)11-15/h6,8-11,14,16,28,34H,7,12-13H2,1-5H3/p+1. The van der Waals surface area contributed by atoms with Crippen LogP contribution in [0.25, 0.3) is 5.70 Å². The van der Waals surface area contributed by atoms with Crippen LogP contribution in [-0.4, -0.2) is 66.4 Å². The van der Waals surface area contributed by atoms with E-state index in [0.717, 1.165) is 11.6 Å². The van der Waals surface area contributed by atoms with Crippen LogP contribution in [0.1, 0.15) is 25.8 Å². The Labute approximate surface area is 213 Å². The number of benzene rings is 1. The summed E-state index contributed by atoms with van der Waals surface area (Å²) in [5, 5.41) is 17.0. The lowest BCUT2D eigenvalue weighted by molar-refractivity contribution is -0.726. The molecule has 0 spiro atoms. The summed E-state index contributed by atoms with van der Waals surface area (Å²) in [6.07, 6.45) is 6.47. The van der Waals surface area contributed by atoms with Gasteiger partial charge in [0.15, 0.2) is 36.0 Å². The van der Waals surface area contributed by atoms with Crippen molar-refractivity contribution in [3.63, 3.8) is 0 Å². The fraction of sp³-hybridized carbons (Fsp3) is 0.400. The number of hydrogen-bond acceptors (Lipinski definition) is 7. The number of fused-ring (bicyclic) bond motifs is 1. The molecule has 1 atom stereocenters. The maximum Gasteiger partial charge on any atom is 0.204 e. The first-order valence-electron chi connectivity index (χ1n) is 11.8. The molecule has 0 aliphatic carbocycles. The molecule has 0 saturated heterocycles. The first-order chi connectivity index (χ1) is 17.7. The largest absolute Gasteiger partial charge is 0.493 e. The number of aromatic nitrogens is 2. The molecule has 1 aromatic carbocycles. The Bertz CT molecular complexity index is 1260. The van der Waals surface area contributed by atoms with Crippen molar-refractivity contribution < 1.29 is 32.8 Å². The molecule has 2 aliphatic rings. The molecule has 0 saturated carbocycles. The van der Waals surface area contributed by atoms with Crippen molar-refractivity contribution in [2.75, 3.05) is 27.4 Å². The average Bonchev–Trinajstić information content (AvgIpc) is 3.32. The van der Waals surface area contributed by atoms with Crippen LogP contribution in [0.4, 0.5) is 14.5 Å². The third kappa shape index (κ3) is 5.65. The highest BCUT2D eigenvalue weighted by molar-refractivity contribution is 6.14. The molecule has 10 nitrogen and oxygen atoms in total. The summed E-state index contributed by atoms with van der Waals surface area (Å²) < 4.78 is 47.7. The lowest BCUT2D eigenvalue weighted by atomic mass is 10.1. The molecule has 0 amide bonds. The second-order valence-electron chi connectivity index (χ2n) is 8.83. The smallest absolute Gasteiger partial charge is 0.204 e. The fourth-order valence-electron chi connectivity index (χ4n) is 3.91. The Balaban J connectivity index is 1.79. The molecule has 3 N–H and O–H groups in total. The molecule has 0 bridgehead atoms. The monoisotopic (exact) mass is 517 g/mol. The second-order valence-corrected chi connectivity index (χ2v) is 8.83. The molecule has 4 rings (SSSR count). The highest BCUT2D eigenvalue weighted by Gasteiger charge is 2.31. The van der Waals surface area contributed by atoms with E-state index in [9.17, 15) is 5.11 Å². The first-order valence-corrected chi connectivity index (χ1v) is 11.8. The summed E-state index contributed by atoms with van der Waals surface area (Å²) in [7, 11) is 4.40. The number of aliphatic imine (C=N–C) groups is 2. The summed E-state index contributed by atoms with van der Waals surface area (Å²) in [6, 6.07) is 1.13. The molecular weight excluding hydrogens is 486 g/mol. The Morgan fingerprint density at radius 1 is 1.22 bits per heavy atom. The molecular formula is C25H31F2N6O4+. The summed E-state index contributed by atoms with van der Waals surface area (Å²) in [5.74, 6) is -1.60. The number of nitrogens with one attached hydrogen (secondary N) is 2. The van der Waals surface area contributed by atoms with Crippen molar-refractivity contribution in [2.24, 2.45) is 17.0 Å². The average molecular weight is 518 g/mol. The van der Waals surface area contributed by atoms with E-state index in [0.29, 0.717) is 17.2 Å². The molecule has 12 heteroatoms. The van der Waals surface area contributed by atoms with Crippen LogP contribution in [0.2, 0.25) is 0 Å². The molecule has 1 aromatic heterocycles. The number of aromatic amines is 1. The zero-order chi connectivity index (χ0) is 26.7. The van der Waals surface area contributed by atoms with Crippen LogP contribution in [0, 0.1) is 11.6 Å². The number of H-pyrrole nitrogens is 1. The fourth-order valence-corrected chi connectivity index (χ4v) is 3.91. The van der Waals surface area contributed by atoms with E-state index in [4.69, 9.17) is 19.2 Å². The van der Waals surface area contributed by atoms with E-state index in [2.05, 4.69) is 15.4 Å². The topological polar surface area (TPSA) is 108 Å². The lowest BCUT2D eigenvalue weighted by Crippen LogP contribution is -2.48.